The zero-order valence-corrected chi connectivity index (χ0v) is 16.5. The Morgan fingerprint density at radius 2 is 2.07 bits per heavy atom. The second kappa shape index (κ2) is 7.90. The summed E-state index contributed by atoms with van der Waals surface area (Å²) in [6.07, 6.45) is 0.448. The van der Waals surface area contributed by atoms with Gasteiger partial charge < -0.3 is 15.7 Å². The molecular weight excluding hydrogens is 408 g/mol. The molecule has 2 amide bonds. The quantitative estimate of drug-likeness (QED) is 0.605. The minimum Gasteiger partial charge on any atom is -0.394 e. The van der Waals surface area contributed by atoms with Crippen LogP contribution in [0.3, 0.4) is 0 Å². The monoisotopic (exact) mass is 426 g/mol. The Morgan fingerprint density at radius 3 is 2.71 bits per heavy atom. The van der Waals surface area contributed by atoms with Crippen LogP contribution in [0.5, 0.6) is 0 Å². The molecular formula is C17H19ClN4O5S. The molecule has 150 valence electrons. The Morgan fingerprint density at radius 1 is 1.32 bits per heavy atom. The third-order valence-electron chi connectivity index (χ3n) is 4.33. The van der Waals surface area contributed by atoms with Gasteiger partial charge in [0.2, 0.25) is 0 Å². The standard InChI is InChI=1S/C17H19ClN4O5S/c1-2-11(7-23)19-16(24)17(25)20-15-13-8-28(26,27)9-14(13)21-22(15)12-5-3-4-10(18)6-12/h3-6,11,23H,2,7-9H2,1H3,(H,19,24)(H,20,25). The number of aromatic nitrogens is 2. The lowest BCUT2D eigenvalue weighted by Gasteiger charge is -2.15. The summed E-state index contributed by atoms with van der Waals surface area (Å²) in [4.78, 5) is 24.5. The molecule has 0 aliphatic carbocycles. The summed E-state index contributed by atoms with van der Waals surface area (Å²) in [5, 5.41) is 18.8. The Labute approximate surface area is 166 Å². The highest BCUT2D eigenvalue weighted by atomic mass is 35.5. The molecule has 3 rings (SSSR count). The Hall–Kier alpha value is -2.43. The number of nitrogens with zero attached hydrogens (tertiary/aromatic N) is 2. The van der Waals surface area contributed by atoms with E-state index in [1.54, 1.807) is 31.2 Å². The van der Waals surface area contributed by atoms with Crippen molar-refractivity contribution < 1.29 is 23.1 Å². The van der Waals surface area contributed by atoms with Crippen LogP contribution in [-0.2, 0) is 30.9 Å². The number of nitrogens with one attached hydrogen (secondary N) is 2. The van der Waals surface area contributed by atoms with Gasteiger partial charge in [0.1, 0.15) is 5.82 Å². The number of aliphatic hydroxyl groups is 1. The lowest BCUT2D eigenvalue weighted by molar-refractivity contribution is -0.136. The number of fused-ring (bicyclic) bond motifs is 1. The molecule has 0 spiro atoms. The second-order valence-electron chi connectivity index (χ2n) is 6.41. The van der Waals surface area contributed by atoms with Crippen molar-refractivity contribution in [1.29, 1.82) is 0 Å². The van der Waals surface area contributed by atoms with Gasteiger partial charge in [0.05, 0.1) is 35.5 Å². The fourth-order valence-corrected chi connectivity index (χ4v) is 4.54. The normalized spacial score (nSPS) is 15.7. The average Bonchev–Trinajstić information content (AvgIpc) is 3.12. The SMILES string of the molecule is CCC(CO)NC(=O)C(=O)Nc1c2c(nn1-c1cccc(Cl)c1)CS(=O)(=O)C2. The number of anilines is 1. The first-order valence-corrected chi connectivity index (χ1v) is 10.7. The van der Waals surface area contributed by atoms with Crippen molar-refractivity contribution in [2.24, 2.45) is 0 Å². The van der Waals surface area contributed by atoms with Crippen LogP contribution in [0.2, 0.25) is 5.02 Å². The minimum atomic E-state index is -3.36. The molecule has 3 N–H and O–H groups in total. The van der Waals surface area contributed by atoms with Crippen molar-refractivity contribution in [3.8, 4) is 5.69 Å². The summed E-state index contributed by atoms with van der Waals surface area (Å²) in [6, 6.07) is 6.09. The van der Waals surface area contributed by atoms with E-state index in [1.807, 2.05) is 0 Å². The maximum absolute atomic E-state index is 12.4. The van der Waals surface area contributed by atoms with Gasteiger partial charge >= 0.3 is 11.8 Å². The summed E-state index contributed by atoms with van der Waals surface area (Å²) in [5.74, 6) is -2.34. The largest absolute Gasteiger partial charge is 0.394 e. The molecule has 0 radical (unpaired) electrons. The molecule has 0 fully saturated rings. The average molecular weight is 427 g/mol. The van der Waals surface area contributed by atoms with Crippen LogP contribution in [-0.4, -0.2) is 47.8 Å². The molecule has 1 aliphatic rings. The summed E-state index contributed by atoms with van der Waals surface area (Å²) < 4.78 is 25.3. The van der Waals surface area contributed by atoms with Gasteiger partial charge in [0.15, 0.2) is 9.84 Å². The number of halogens is 1. The lowest BCUT2D eigenvalue weighted by Crippen LogP contribution is -2.43. The van der Waals surface area contributed by atoms with E-state index in [9.17, 15) is 23.1 Å². The van der Waals surface area contributed by atoms with Crippen LogP contribution >= 0.6 is 11.6 Å². The Kier molecular flexibility index (Phi) is 5.73. The van der Waals surface area contributed by atoms with E-state index < -0.39 is 27.7 Å². The number of carbonyl (C=O) groups is 2. The number of rotatable bonds is 5. The lowest BCUT2D eigenvalue weighted by atomic mass is 10.2. The molecule has 1 unspecified atom stereocenters. The van der Waals surface area contributed by atoms with Crippen molar-refractivity contribution in [2.45, 2.75) is 30.9 Å². The third kappa shape index (κ3) is 4.18. The number of benzene rings is 1. The fourth-order valence-electron chi connectivity index (χ4n) is 2.86. The highest BCUT2D eigenvalue weighted by molar-refractivity contribution is 7.90. The van der Waals surface area contributed by atoms with E-state index in [2.05, 4.69) is 15.7 Å². The summed E-state index contributed by atoms with van der Waals surface area (Å²) in [7, 11) is -3.36. The molecule has 0 bridgehead atoms. The molecule has 2 heterocycles. The molecule has 1 aromatic heterocycles. The number of hydrogen-bond donors (Lipinski definition) is 3. The van der Waals surface area contributed by atoms with Gasteiger partial charge in [0, 0.05) is 10.6 Å². The predicted octanol–water partition coefficient (Wildman–Crippen LogP) is 0.780. The molecule has 1 aliphatic heterocycles. The zero-order valence-electron chi connectivity index (χ0n) is 15.0. The molecule has 1 aromatic carbocycles. The van der Waals surface area contributed by atoms with E-state index >= 15 is 0 Å². The first kappa shape index (κ1) is 20.3. The summed E-state index contributed by atoms with van der Waals surface area (Å²) >= 11 is 6.02. The topological polar surface area (TPSA) is 130 Å². The van der Waals surface area contributed by atoms with Gasteiger partial charge in [-0.15, -0.1) is 0 Å². The molecule has 28 heavy (non-hydrogen) atoms. The van der Waals surface area contributed by atoms with Gasteiger partial charge in [-0.25, -0.2) is 13.1 Å². The van der Waals surface area contributed by atoms with Gasteiger partial charge in [-0.3, -0.25) is 9.59 Å². The Bertz CT molecular complexity index is 1030. The van der Waals surface area contributed by atoms with Crippen molar-refractivity contribution in [3.05, 3.63) is 40.5 Å². The van der Waals surface area contributed by atoms with Crippen LogP contribution in [0.15, 0.2) is 24.3 Å². The van der Waals surface area contributed by atoms with E-state index in [0.717, 1.165) is 0 Å². The maximum Gasteiger partial charge on any atom is 0.314 e. The number of sulfone groups is 1. The highest BCUT2D eigenvalue weighted by Crippen LogP contribution is 2.33. The van der Waals surface area contributed by atoms with Crippen LogP contribution in [0.1, 0.15) is 24.6 Å². The fraction of sp³-hybridized carbons (Fsp3) is 0.353. The van der Waals surface area contributed by atoms with Gasteiger partial charge in [-0.2, -0.15) is 5.10 Å². The Balaban J connectivity index is 1.95. The molecule has 2 aromatic rings. The molecule has 9 nitrogen and oxygen atoms in total. The second-order valence-corrected chi connectivity index (χ2v) is 8.91. The van der Waals surface area contributed by atoms with Crippen LogP contribution in [0, 0.1) is 0 Å². The summed E-state index contributed by atoms with van der Waals surface area (Å²) in [5.41, 5.74) is 1.17. The summed E-state index contributed by atoms with van der Waals surface area (Å²) in [6.45, 7) is 1.45. The molecule has 11 heteroatoms. The first-order valence-electron chi connectivity index (χ1n) is 8.54. The van der Waals surface area contributed by atoms with E-state index in [1.165, 1.54) is 4.68 Å². The van der Waals surface area contributed by atoms with E-state index in [-0.39, 0.29) is 23.9 Å². The number of hydrogen-bond acceptors (Lipinski definition) is 6. The number of carbonyl (C=O) groups excluding carboxylic acids is 2. The van der Waals surface area contributed by atoms with Crippen molar-refractivity contribution >= 4 is 39.1 Å². The highest BCUT2D eigenvalue weighted by Gasteiger charge is 2.34. The van der Waals surface area contributed by atoms with Crippen LogP contribution in [0.25, 0.3) is 5.69 Å². The predicted molar refractivity (Wildman–Crippen MR) is 103 cm³/mol. The smallest absolute Gasteiger partial charge is 0.314 e. The van der Waals surface area contributed by atoms with Gasteiger partial charge in [-0.1, -0.05) is 24.6 Å². The van der Waals surface area contributed by atoms with Crippen molar-refractivity contribution in [2.75, 3.05) is 11.9 Å². The van der Waals surface area contributed by atoms with Gasteiger partial charge in [-0.05, 0) is 24.6 Å². The number of aliphatic hydroxyl groups excluding tert-OH is 1. The maximum atomic E-state index is 12.4. The zero-order chi connectivity index (χ0) is 20.5. The van der Waals surface area contributed by atoms with E-state index in [0.29, 0.717) is 28.4 Å². The van der Waals surface area contributed by atoms with Crippen LogP contribution < -0.4 is 10.6 Å². The molecule has 0 saturated heterocycles. The third-order valence-corrected chi connectivity index (χ3v) is 6.00. The minimum absolute atomic E-state index is 0.107. The van der Waals surface area contributed by atoms with Crippen molar-refractivity contribution in [1.82, 2.24) is 15.1 Å². The van der Waals surface area contributed by atoms with Crippen LogP contribution in [0.4, 0.5) is 5.82 Å². The van der Waals surface area contributed by atoms with Crippen molar-refractivity contribution in [3.63, 3.8) is 0 Å². The first-order chi connectivity index (χ1) is 13.2. The molecule has 1 atom stereocenters. The van der Waals surface area contributed by atoms with E-state index in [4.69, 9.17) is 11.6 Å². The van der Waals surface area contributed by atoms with Gasteiger partial charge in [0.25, 0.3) is 0 Å². The number of amides is 2. The molecule has 0 saturated carbocycles.